The van der Waals surface area contributed by atoms with Crippen molar-refractivity contribution in [2.45, 2.75) is 19.4 Å². The molecule has 0 unspecified atom stereocenters. The number of benzene rings is 2. The van der Waals surface area contributed by atoms with E-state index < -0.39 is 16.8 Å². The molecule has 0 heterocycles. The number of esters is 1. The highest BCUT2D eigenvalue weighted by Gasteiger charge is 2.18. The van der Waals surface area contributed by atoms with Crippen LogP contribution < -0.4 is 5.73 Å². The fourth-order valence-corrected chi connectivity index (χ4v) is 2.36. The predicted molar refractivity (Wildman–Crippen MR) is 96.4 cm³/mol. The maximum atomic E-state index is 12.0. The van der Waals surface area contributed by atoms with Crippen LogP contribution in [-0.4, -0.2) is 22.6 Å². The Labute approximate surface area is 159 Å². The average Bonchev–Trinajstić information content (AvgIpc) is 2.64. The predicted octanol–water partition coefficient (Wildman–Crippen LogP) is 3.05. The van der Waals surface area contributed by atoms with Crippen LogP contribution in [0.25, 0.3) is 0 Å². The number of primary amides is 1. The van der Waals surface area contributed by atoms with E-state index in [0.717, 1.165) is 6.07 Å². The Bertz CT molecular complexity index is 895. The molecule has 1 amide bonds. The molecule has 0 atom stereocenters. The van der Waals surface area contributed by atoms with Crippen LogP contribution in [0.1, 0.15) is 39.1 Å². The van der Waals surface area contributed by atoms with Crippen LogP contribution in [0.5, 0.6) is 0 Å². The Kier molecular flexibility index (Phi) is 6.62. The first-order chi connectivity index (χ1) is 12.8. The number of ketones is 1. The Hall–Kier alpha value is -3.26. The minimum atomic E-state index is -0.803. The molecule has 0 aliphatic carbocycles. The maximum absolute atomic E-state index is 12.0. The molecule has 140 valence electrons. The Morgan fingerprint density at radius 3 is 2.26 bits per heavy atom. The number of amides is 1. The Morgan fingerprint density at radius 2 is 1.67 bits per heavy atom. The third kappa shape index (κ3) is 5.61. The van der Waals surface area contributed by atoms with Crippen molar-refractivity contribution in [3.8, 4) is 0 Å². The summed E-state index contributed by atoms with van der Waals surface area (Å²) in [7, 11) is 0. The second-order valence-electron chi connectivity index (χ2n) is 5.56. The van der Waals surface area contributed by atoms with Crippen molar-refractivity contribution >= 4 is 34.9 Å². The number of nitro groups is 1. The number of carbonyl (C=O) groups is 3. The molecule has 2 N–H and O–H groups in total. The molecule has 0 fully saturated rings. The lowest BCUT2D eigenvalue weighted by Gasteiger charge is -2.07. The third-order valence-electron chi connectivity index (χ3n) is 3.68. The van der Waals surface area contributed by atoms with E-state index in [1.807, 2.05) is 0 Å². The minimum Gasteiger partial charge on any atom is -0.461 e. The molecule has 0 aromatic heterocycles. The number of rotatable bonds is 8. The van der Waals surface area contributed by atoms with Gasteiger partial charge in [-0.15, -0.1) is 0 Å². The summed E-state index contributed by atoms with van der Waals surface area (Å²) in [5.41, 5.74) is 5.23. The smallest absolute Gasteiger partial charge is 0.306 e. The maximum Gasteiger partial charge on any atom is 0.306 e. The summed E-state index contributed by atoms with van der Waals surface area (Å²) in [6, 6.07) is 9.88. The number of halogens is 1. The van der Waals surface area contributed by atoms with Gasteiger partial charge in [0, 0.05) is 28.6 Å². The molecule has 27 heavy (non-hydrogen) atoms. The number of carbonyl (C=O) groups excluding carboxylic acids is 3. The Morgan fingerprint density at radius 1 is 1.04 bits per heavy atom. The van der Waals surface area contributed by atoms with E-state index in [-0.39, 0.29) is 42.0 Å². The Balaban J connectivity index is 1.93. The fraction of sp³-hybridized carbons (Fsp3) is 0.167. The van der Waals surface area contributed by atoms with Crippen LogP contribution in [-0.2, 0) is 16.1 Å². The molecule has 2 aromatic carbocycles. The van der Waals surface area contributed by atoms with Gasteiger partial charge in [-0.3, -0.25) is 24.5 Å². The number of hydrogen-bond donors (Lipinski definition) is 1. The van der Waals surface area contributed by atoms with Gasteiger partial charge in [0.05, 0.1) is 16.9 Å². The summed E-state index contributed by atoms with van der Waals surface area (Å²) >= 11 is 5.75. The number of Topliss-reactive ketones (excluding diaryl/α,β-unsaturated/α-hetero) is 1. The fourth-order valence-electron chi connectivity index (χ4n) is 2.24. The summed E-state index contributed by atoms with van der Waals surface area (Å²) < 4.78 is 4.99. The van der Waals surface area contributed by atoms with E-state index in [4.69, 9.17) is 22.1 Å². The highest BCUT2D eigenvalue weighted by molar-refractivity contribution is 6.30. The molecule has 2 rings (SSSR count). The van der Waals surface area contributed by atoms with E-state index in [0.29, 0.717) is 10.6 Å². The molecular weight excluding hydrogens is 376 g/mol. The summed E-state index contributed by atoms with van der Waals surface area (Å²) in [5.74, 6) is -1.73. The summed E-state index contributed by atoms with van der Waals surface area (Å²) in [6.45, 7) is -0.358. The van der Waals surface area contributed by atoms with Crippen molar-refractivity contribution in [1.29, 1.82) is 0 Å². The second kappa shape index (κ2) is 8.91. The molecule has 0 aliphatic heterocycles. The lowest BCUT2D eigenvalue weighted by atomic mass is 10.1. The molecule has 0 aliphatic rings. The SMILES string of the molecule is NC(=O)c1ccc(COC(=O)CCC(=O)c2ccc(Cl)cc2)c([N+](=O)[O-])c1. The molecule has 9 heteroatoms. The summed E-state index contributed by atoms with van der Waals surface area (Å²) in [5, 5.41) is 11.6. The van der Waals surface area contributed by atoms with Crippen molar-refractivity contribution in [2.75, 3.05) is 0 Å². The first-order valence-corrected chi connectivity index (χ1v) is 8.17. The van der Waals surface area contributed by atoms with Crippen molar-refractivity contribution < 1.29 is 24.0 Å². The van der Waals surface area contributed by atoms with Gasteiger partial charge in [-0.2, -0.15) is 0 Å². The highest BCUT2D eigenvalue weighted by Crippen LogP contribution is 2.21. The minimum absolute atomic E-state index is 0.0228. The number of ether oxygens (including phenoxy) is 1. The van der Waals surface area contributed by atoms with Gasteiger partial charge in [-0.05, 0) is 36.4 Å². The van der Waals surface area contributed by atoms with Crippen molar-refractivity contribution in [3.63, 3.8) is 0 Å². The standard InChI is InChI=1S/C18H15ClN2O6/c19-14-5-3-11(4-6-14)16(22)7-8-17(23)27-10-13-2-1-12(18(20)24)9-15(13)21(25)26/h1-6,9H,7-8,10H2,(H2,20,24). The van der Waals surface area contributed by atoms with Crippen molar-refractivity contribution in [3.05, 3.63) is 74.3 Å². The van der Waals surface area contributed by atoms with E-state index in [9.17, 15) is 24.5 Å². The summed E-state index contributed by atoms with van der Waals surface area (Å²) in [4.78, 5) is 45.3. The van der Waals surface area contributed by atoms with E-state index in [1.54, 1.807) is 24.3 Å². The highest BCUT2D eigenvalue weighted by atomic mass is 35.5. The van der Waals surface area contributed by atoms with Gasteiger partial charge in [-0.1, -0.05) is 11.6 Å². The van der Waals surface area contributed by atoms with Gasteiger partial charge >= 0.3 is 5.97 Å². The molecular formula is C18H15ClN2O6. The van der Waals surface area contributed by atoms with Gasteiger partial charge < -0.3 is 10.5 Å². The van der Waals surface area contributed by atoms with Gasteiger partial charge in [0.15, 0.2) is 5.78 Å². The molecule has 2 aromatic rings. The lowest BCUT2D eigenvalue weighted by molar-refractivity contribution is -0.385. The van der Waals surface area contributed by atoms with E-state index in [1.165, 1.54) is 12.1 Å². The van der Waals surface area contributed by atoms with Crippen LogP contribution in [0.2, 0.25) is 5.02 Å². The zero-order chi connectivity index (χ0) is 20.0. The molecule has 0 bridgehead atoms. The van der Waals surface area contributed by atoms with E-state index in [2.05, 4.69) is 0 Å². The normalized spacial score (nSPS) is 10.3. The van der Waals surface area contributed by atoms with Crippen molar-refractivity contribution in [2.24, 2.45) is 5.73 Å². The number of nitrogens with zero attached hydrogens (tertiary/aromatic N) is 1. The van der Waals surface area contributed by atoms with Crippen LogP contribution in [0.4, 0.5) is 5.69 Å². The quantitative estimate of drug-likeness (QED) is 0.319. The molecule has 0 saturated heterocycles. The van der Waals surface area contributed by atoms with Crippen LogP contribution in [0.15, 0.2) is 42.5 Å². The van der Waals surface area contributed by atoms with Gasteiger partial charge in [-0.25, -0.2) is 0 Å². The van der Waals surface area contributed by atoms with Gasteiger partial charge in [0.25, 0.3) is 5.69 Å². The number of nitro benzene ring substituents is 1. The van der Waals surface area contributed by atoms with Gasteiger partial charge in [0.2, 0.25) is 5.91 Å². The van der Waals surface area contributed by atoms with E-state index >= 15 is 0 Å². The zero-order valence-electron chi connectivity index (χ0n) is 14.0. The monoisotopic (exact) mass is 390 g/mol. The molecule has 8 nitrogen and oxygen atoms in total. The largest absolute Gasteiger partial charge is 0.461 e. The first-order valence-electron chi connectivity index (χ1n) is 7.79. The average molecular weight is 391 g/mol. The van der Waals surface area contributed by atoms with Gasteiger partial charge in [0.1, 0.15) is 6.61 Å². The molecule has 0 spiro atoms. The lowest BCUT2D eigenvalue weighted by Crippen LogP contribution is -2.12. The topological polar surface area (TPSA) is 130 Å². The molecule has 0 radical (unpaired) electrons. The third-order valence-corrected chi connectivity index (χ3v) is 3.93. The van der Waals surface area contributed by atoms with Crippen LogP contribution >= 0.6 is 11.6 Å². The van der Waals surface area contributed by atoms with Crippen LogP contribution in [0, 0.1) is 10.1 Å². The first kappa shape index (κ1) is 20.1. The second-order valence-corrected chi connectivity index (χ2v) is 5.99. The number of nitrogens with two attached hydrogens (primary N) is 1. The molecule has 0 saturated carbocycles. The zero-order valence-corrected chi connectivity index (χ0v) is 14.8. The van der Waals surface area contributed by atoms with Crippen LogP contribution in [0.3, 0.4) is 0 Å². The van der Waals surface area contributed by atoms with Crippen molar-refractivity contribution in [1.82, 2.24) is 0 Å². The number of hydrogen-bond acceptors (Lipinski definition) is 6. The summed E-state index contributed by atoms with van der Waals surface area (Å²) in [6.07, 6.45) is -0.238.